The fourth-order valence-electron chi connectivity index (χ4n) is 5.00. The summed E-state index contributed by atoms with van der Waals surface area (Å²) in [5.74, 6) is -2.61. The van der Waals surface area contributed by atoms with Crippen molar-refractivity contribution in [3.05, 3.63) is 65.5 Å². The third kappa shape index (κ3) is 7.43. The van der Waals surface area contributed by atoms with Crippen LogP contribution in [0.15, 0.2) is 48.5 Å². The number of amides is 1. The number of carbonyl (C=O) groups is 2. The second-order valence-corrected chi connectivity index (χ2v) is 9.26. The second-order valence-electron chi connectivity index (χ2n) is 9.26. The topological polar surface area (TPSA) is 81.1 Å². The van der Waals surface area contributed by atoms with Crippen molar-refractivity contribution in [3.8, 4) is 5.75 Å². The molecule has 0 saturated carbocycles. The maximum Gasteiger partial charge on any atom is 0.490 e. The molecule has 10 heteroatoms. The SMILES string of the molecule is O=C(Cc1cccc(O)c1)N1CCCC2(CCCN2Cc2ccc(F)cc2)CC1.O=C(O)C(F)(F)F. The Labute approximate surface area is 207 Å². The van der Waals surface area contributed by atoms with Gasteiger partial charge in [0.2, 0.25) is 5.91 Å². The number of benzene rings is 2. The maximum absolute atomic E-state index is 13.2. The van der Waals surface area contributed by atoms with E-state index >= 15 is 0 Å². The molecular formula is C26H30F4N2O4. The molecule has 2 heterocycles. The number of hydrogen-bond acceptors (Lipinski definition) is 4. The summed E-state index contributed by atoms with van der Waals surface area (Å²) in [6.07, 6.45) is 0.692. The van der Waals surface area contributed by atoms with Crippen molar-refractivity contribution in [2.45, 2.75) is 56.8 Å². The van der Waals surface area contributed by atoms with Gasteiger partial charge in [-0.05, 0) is 74.0 Å². The van der Waals surface area contributed by atoms with E-state index < -0.39 is 12.1 Å². The molecule has 36 heavy (non-hydrogen) atoms. The minimum atomic E-state index is -5.08. The molecule has 2 saturated heterocycles. The van der Waals surface area contributed by atoms with E-state index in [1.807, 2.05) is 23.1 Å². The molecule has 0 radical (unpaired) electrons. The Morgan fingerprint density at radius 2 is 1.56 bits per heavy atom. The van der Waals surface area contributed by atoms with Gasteiger partial charge in [0.05, 0.1) is 6.42 Å². The van der Waals surface area contributed by atoms with Gasteiger partial charge in [-0.25, -0.2) is 9.18 Å². The average molecular weight is 511 g/mol. The number of alkyl halides is 3. The number of carbonyl (C=O) groups excluding carboxylic acids is 1. The lowest BCUT2D eigenvalue weighted by atomic mass is 9.87. The van der Waals surface area contributed by atoms with E-state index in [0.29, 0.717) is 6.42 Å². The monoisotopic (exact) mass is 510 g/mol. The first-order valence-corrected chi connectivity index (χ1v) is 11.8. The van der Waals surface area contributed by atoms with Gasteiger partial charge in [0.25, 0.3) is 0 Å². The molecule has 0 aliphatic carbocycles. The number of carboxylic acids is 1. The van der Waals surface area contributed by atoms with E-state index in [1.165, 1.54) is 25.0 Å². The maximum atomic E-state index is 13.2. The Bertz CT molecular complexity index is 1040. The lowest BCUT2D eigenvalue weighted by molar-refractivity contribution is -0.192. The minimum absolute atomic E-state index is 0.135. The average Bonchev–Trinajstić information content (AvgIpc) is 3.05. The summed E-state index contributed by atoms with van der Waals surface area (Å²) >= 11 is 0. The van der Waals surface area contributed by atoms with Gasteiger partial charge in [-0.1, -0.05) is 24.3 Å². The molecule has 1 spiro atoms. The lowest BCUT2D eigenvalue weighted by Gasteiger charge is -2.38. The molecule has 2 N–H and O–H groups in total. The van der Waals surface area contributed by atoms with Crippen molar-refractivity contribution in [2.24, 2.45) is 0 Å². The summed E-state index contributed by atoms with van der Waals surface area (Å²) in [7, 11) is 0. The van der Waals surface area contributed by atoms with Crippen molar-refractivity contribution in [3.63, 3.8) is 0 Å². The Kier molecular flexibility index (Phi) is 8.94. The van der Waals surface area contributed by atoms with Gasteiger partial charge in [0.1, 0.15) is 11.6 Å². The van der Waals surface area contributed by atoms with Crippen molar-refractivity contribution in [1.29, 1.82) is 0 Å². The van der Waals surface area contributed by atoms with Crippen LogP contribution in [0.1, 0.15) is 43.2 Å². The van der Waals surface area contributed by atoms with E-state index in [-0.39, 0.29) is 23.0 Å². The van der Waals surface area contributed by atoms with Crippen LogP contribution in [0.3, 0.4) is 0 Å². The number of rotatable bonds is 4. The molecule has 4 rings (SSSR count). The molecule has 0 aromatic heterocycles. The van der Waals surface area contributed by atoms with Gasteiger partial charge >= 0.3 is 12.1 Å². The molecule has 1 unspecified atom stereocenters. The number of aliphatic carboxylic acids is 1. The number of likely N-dealkylation sites (tertiary alicyclic amines) is 2. The van der Waals surface area contributed by atoms with Crippen LogP contribution < -0.4 is 0 Å². The molecule has 2 aromatic rings. The van der Waals surface area contributed by atoms with E-state index in [2.05, 4.69) is 4.90 Å². The van der Waals surface area contributed by atoms with Gasteiger partial charge in [-0.3, -0.25) is 9.69 Å². The van der Waals surface area contributed by atoms with Crippen LogP contribution in [-0.4, -0.2) is 63.2 Å². The lowest BCUT2D eigenvalue weighted by Crippen LogP contribution is -2.44. The van der Waals surface area contributed by atoms with Crippen LogP contribution in [0.25, 0.3) is 0 Å². The van der Waals surface area contributed by atoms with Crippen LogP contribution in [0, 0.1) is 5.82 Å². The Hall–Kier alpha value is -3.14. The zero-order valence-electron chi connectivity index (χ0n) is 19.8. The molecule has 196 valence electrons. The largest absolute Gasteiger partial charge is 0.508 e. The first-order chi connectivity index (χ1) is 17.0. The van der Waals surface area contributed by atoms with E-state index in [1.54, 1.807) is 18.2 Å². The third-order valence-corrected chi connectivity index (χ3v) is 6.81. The number of hydrogen-bond donors (Lipinski definition) is 2. The highest BCUT2D eigenvalue weighted by Gasteiger charge is 2.42. The van der Waals surface area contributed by atoms with Crippen LogP contribution in [-0.2, 0) is 22.6 Å². The molecule has 2 aromatic carbocycles. The smallest absolute Gasteiger partial charge is 0.490 e. The summed E-state index contributed by atoms with van der Waals surface area (Å²) in [6, 6.07) is 13.8. The summed E-state index contributed by atoms with van der Waals surface area (Å²) in [5.41, 5.74) is 2.15. The quantitative estimate of drug-likeness (QED) is 0.580. The molecular weight excluding hydrogens is 480 g/mol. The van der Waals surface area contributed by atoms with Gasteiger partial charge < -0.3 is 15.1 Å². The van der Waals surface area contributed by atoms with Crippen LogP contribution in [0.4, 0.5) is 17.6 Å². The summed E-state index contributed by atoms with van der Waals surface area (Å²) in [5, 5.41) is 16.8. The molecule has 2 fully saturated rings. The first kappa shape index (κ1) is 27.4. The highest BCUT2D eigenvalue weighted by atomic mass is 19.4. The predicted octanol–water partition coefficient (Wildman–Crippen LogP) is 4.75. The number of nitrogens with zero attached hydrogens (tertiary/aromatic N) is 2. The Morgan fingerprint density at radius 3 is 2.17 bits per heavy atom. The summed E-state index contributed by atoms with van der Waals surface area (Å²) in [4.78, 5) is 26.3. The third-order valence-electron chi connectivity index (χ3n) is 6.81. The minimum Gasteiger partial charge on any atom is -0.508 e. The van der Waals surface area contributed by atoms with Crippen molar-refractivity contribution in [2.75, 3.05) is 19.6 Å². The fraction of sp³-hybridized carbons (Fsp3) is 0.462. The molecule has 1 amide bonds. The zero-order valence-corrected chi connectivity index (χ0v) is 19.8. The van der Waals surface area contributed by atoms with Crippen molar-refractivity contribution in [1.82, 2.24) is 9.80 Å². The second kappa shape index (κ2) is 11.7. The van der Waals surface area contributed by atoms with Gasteiger partial charge in [0.15, 0.2) is 0 Å². The van der Waals surface area contributed by atoms with E-state index in [0.717, 1.165) is 56.6 Å². The number of halogens is 4. The zero-order chi connectivity index (χ0) is 26.3. The highest BCUT2D eigenvalue weighted by molar-refractivity contribution is 5.79. The highest BCUT2D eigenvalue weighted by Crippen LogP contribution is 2.39. The predicted molar refractivity (Wildman–Crippen MR) is 125 cm³/mol. The summed E-state index contributed by atoms with van der Waals surface area (Å²) < 4.78 is 45.0. The van der Waals surface area contributed by atoms with Gasteiger partial charge in [0, 0.05) is 25.2 Å². The van der Waals surface area contributed by atoms with Gasteiger partial charge in [-0.15, -0.1) is 0 Å². The first-order valence-electron chi connectivity index (χ1n) is 11.8. The van der Waals surface area contributed by atoms with Crippen molar-refractivity contribution >= 4 is 11.9 Å². The molecule has 2 aliphatic rings. The van der Waals surface area contributed by atoms with E-state index in [4.69, 9.17) is 9.90 Å². The number of carboxylic acid groups (broad SMARTS) is 1. The van der Waals surface area contributed by atoms with Crippen molar-refractivity contribution < 1.29 is 37.4 Å². The van der Waals surface area contributed by atoms with Gasteiger partial charge in [-0.2, -0.15) is 13.2 Å². The van der Waals surface area contributed by atoms with Crippen LogP contribution in [0.2, 0.25) is 0 Å². The van der Waals surface area contributed by atoms with Crippen LogP contribution in [0.5, 0.6) is 5.75 Å². The number of aromatic hydroxyl groups is 1. The normalized spacial score (nSPS) is 20.5. The fourth-order valence-corrected chi connectivity index (χ4v) is 5.00. The molecule has 6 nitrogen and oxygen atoms in total. The standard InChI is InChI=1S/C24H29FN2O2.C2HF3O2/c25-21-8-6-19(7-9-21)18-27-14-3-11-24(27)10-2-13-26(15-12-24)23(29)17-20-4-1-5-22(28)16-20;3-2(4,5)1(6)7/h1,4-9,16,28H,2-3,10-15,17-18H2;(H,6,7). The molecule has 1 atom stereocenters. The Balaban J connectivity index is 0.000000454. The molecule has 2 aliphatic heterocycles. The summed E-state index contributed by atoms with van der Waals surface area (Å²) in [6.45, 7) is 3.48. The Morgan fingerprint density at radius 1 is 0.917 bits per heavy atom. The number of phenolic OH excluding ortho intramolecular Hbond substituents is 1. The number of phenols is 1. The van der Waals surface area contributed by atoms with E-state index in [9.17, 15) is 27.5 Å². The van der Waals surface area contributed by atoms with Crippen LogP contribution >= 0.6 is 0 Å². The molecule has 0 bridgehead atoms.